The molecule has 0 saturated heterocycles. The van der Waals surface area contributed by atoms with Gasteiger partial charge in [0.1, 0.15) is 18.4 Å². The number of benzene rings is 2. The van der Waals surface area contributed by atoms with E-state index in [9.17, 15) is 8.96 Å². The predicted molar refractivity (Wildman–Crippen MR) is 110 cm³/mol. The Hall–Kier alpha value is -2.50. The fraction of sp³-hybridized carbons (Fsp3) is 0.158. The largest absolute Gasteiger partial charge is 0.496 e. The summed E-state index contributed by atoms with van der Waals surface area (Å²) < 4.78 is 33.7. The Labute approximate surface area is 159 Å². The van der Waals surface area contributed by atoms with Crippen LogP contribution >= 0.6 is 18.5 Å². The molecule has 4 aromatic rings. The molecule has 0 aliphatic carbocycles. The van der Waals surface area contributed by atoms with E-state index in [0.717, 1.165) is 10.1 Å². The van der Waals surface area contributed by atoms with Gasteiger partial charge in [-0.3, -0.25) is 4.98 Å². The van der Waals surface area contributed by atoms with E-state index in [1.54, 1.807) is 50.3 Å². The van der Waals surface area contributed by atoms with Crippen molar-refractivity contribution in [3.63, 3.8) is 0 Å². The molecule has 2 aromatic heterocycles. The van der Waals surface area contributed by atoms with Gasteiger partial charge in [-0.1, -0.05) is 0 Å². The van der Waals surface area contributed by atoms with E-state index < -0.39 is 13.0 Å². The van der Waals surface area contributed by atoms with Gasteiger partial charge < -0.3 is 14.6 Å². The molecule has 4 rings (SSSR count). The first-order chi connectivity index (χ1) is 12.9. The summed E-state index contributed by atoms with van der Waals surface area (Å²) in [4.78, 5) is 8.45. The van der Waals surface area contributed by atoms with Gasteiger partial charge in [0.25, 0.3) is 0 Å². The smallest absolute Gasteiger partial charge is 0.173 e. The molecule has 8 heteroatoms. The first-order valence-electron chi connectivity index (χ1n) is 8.19. The van der Waals surface area contributed by atoms with Crippen molar-refractivity contribution in [3.8, 4) is 5.75 Å². The summed E-state index contributed by atoms with van der Waals surface area (Å²) in [6, 6.07) is 8.86. The summed E-state index contributed by atoms with van der Waals surface area (Å²) in [5.41, 5.74) is 3.64. The number of hydrogen-bond donors (Lipinski definition) is 1. The summed E-state index contributed by atoms with van der Waals surface area (Å²) in [5.74, 6) is 0.139. The third kappa shape index (κ3) is 3.17. The second kappa shape index (κ2) is 6.59. The Morgan fingerprint density at radius 1 is 1.15 bits per heavy atom. The van der Waals surface area contributed by atoms with Gasteiger partial charge in [-0.25, -0.2) is 9.37 Å². The van der Waals surface area contributed by atoms with Crippen LogP contribution in [0.4, 0.5) is 15.8 Å². The van der Waals surface area contributed by atoms with Crippen LogP contribution in [0, 0.1) is 5.82 Å². The maximum absolute atomic E-state index is 14.8. The standard InChI is InChI=1S/C19H17FN3O2PS/c1-25-15-9-14-11(8-16(15)26(2,3)24)12(6-7-21-14)23-13-4-5-17-19(18(13)20)22-10-27-17/h4-10H,1-3H3,(H,21,23). The van der Waals surface area contributed by atoms with Crippen LogP contribution < -0.4 is 15.4 Å². The molecule has 0 aliphatic heterocycles. The molecule has 0 aliphatic rings. The van der Waals surface area contributed by atoms with E-state index in [0.29, 0.717) is 33.5 Å². The number of thiazole rings is 1. The van der Waals surface area contributed by atoms with Crippen molar-refractivity contribution < 1.29 is 13.7 Å². The zero-order valence-electron chi connectivity index (χ0n) is 15.0. The van der Waals surface area contributed by atoms with Crippen molar-refractivity contribution in [3.05, 3.63) is 47.9 Å². The SMILES string of the molecule is COc1cc2nccc(Nc3ccc4scnc4c3F)c2cc1P(C)(C)=O. The number of anilines is 2. The van der Waals surface area contributed by atoms with Crippen molar-refractivity contribution in [1.82, 2.24) is 9.97 Å². The minimum atomic E-state index is -2.58. The average Bonchev–Trinajstić information content (AvgIpc) is 3.12. The number of methoxy groups -OCH3 is 1. The fourth-order valence-electron chi connectivity index (χ4n) is 3.00. The van der Waals surface area contributed by atoms with Gasteiger partial charge in [0, 0.05) is 23.3 Å². The Bertz CT molecular complexity index is 1220. The second-order valence-electron chi connectivity index (χ2n) is 6.50. The number of fused-ring (bicyclic) bond motifs is 2. The Morgan fingerprint density at radius 2 is 1.96 bits per heavy atom. The number of ether oxygens (including phenoxy) is 1. The van der Waals surface area contributed by atoms with Gasteiger partial charge in [-0.15, -0.1) is 11.3 Å². The summed E-state index contributed by atoms with van der Waals surface area (Å²) in [6.07, 6.45) is 1.64. The van der Waals surface area contributed by atoms with Gasteiger partial charge in [0.05, 0.1) is 33.8 Å². The molecule has 0 spiro atoms. The highest BCUT2D eigenvalue weighted by molar-refractivity contribution is 7.70. The van der Waals surface area contributed by atoms with Gasteiger partial charge in [0.15, 0.2) is 5.82 Å². The number of hydrogen-bond acceptors (Lipinski definition) is 6. The molecular weight excluding hydrogens is 384 g/mol. The predicted octanol–water partition coefficient (Wildman–Crippen LogP) is 4.98. The number of halogens is 1. The lowest BCUT2D eigenvalue weighted by Crippen LogP contribution is -2.08. The molecule has 1 N–H and O–H groups in total. The van der Waals surface area contributed by atoms with Crippen LogP contribution in [0.1, 0.15) is 0 Å². The highest BCUT2D eigenvalue weighted by Crippen LogP contribution is 2.41. The van der Waals surface area contributed by atoms with E-state index in [2.05, 4.69) is 15.3 Å². The zero-order chi connectivity index (χ0) is 19.2. The Balaban J connectivity index is 1.88. The Kier molecular flexibility index (Phi) is 4.36. The molecule has 2 heterocycles. The zero-order valence-corrected chi connectivity index (χ0v) is 16.7. The average molecular weight is 401 g/mol. The molecule has 0 unspecified atom stereocenters. The molecule has 2 aromatic carbocycles. The van der Waals surface area contributed by atoms with Crippen molar-refractivity contribution in [2.24, 2.45) is 0 Å². The van der Waals surface area contributed by atoms with Crippen molar-refractivity contribution >= 4 is 56.3 Å². The number of rotatable bonds is 4. The summed E-state index contributed by atoms with van der Waals surface area (Å²) in [6.45, 7) is 3.38. The molecule has 0 fully saturated rings. The van der Waals surface area contributed by atoms with Gasteiger partial charge in [-0.2, -0.15) is 0 Å². The van der Waals surface area contributed by atoms with Crippen molar-refractivity contribution in [1.29, 1.82) is 0 Å². The van der Waals surface area contributed by atoms with E-state index in [-0.39, 0.29) is 0 Å². The summed E-state index contributed by atoms with van der Waals surface area (Å²) in [7, 11) is -1.03. The van der Waals surface area contributed by atoms with Crippen LogP contribution in [0.2, 0.25) is 0 Å². The van der Waals surface area contributed by atoms with Crippen LogP contribution in [0.15, 0.2) is 42.0 Å². The van der Waals surface area contributed by atoms with Crippen LogP contribution in [0.25, 0.3) is 21.1 Å². The van der Waals surface area contributed by atoms with Gasteiger partial charge in [-0.05, 0) is 37.6 Å². The highest BCUT2D eigenvalue weighted by atomic mass is 32.1. The lowest BCUT2D eigenvalue weighted by molar-refractivity contribution is 0.418. The van der Waals surface area contributed by atoms with E-state index in [1.807, 2.05) is 12.1 Å². The van der Waals surface area contributed by atoms with E-state index in [1.165, 1.54) is 11.3 Å². The molecule has 0 atom stereocenters. The van der Waals surface area contributed by atoms with Crippen molar-refractivity contribution in [2.45, 2.75) is 0 Å². The van der Waals surface area contributed by atoms with Crippen molar-refractivity contribution in [2.75, 3.05) is 25.8 Å². The molecule has 5 nitrogen and oxygen atoms in total. The third-order valence-corrected chi connectivity index (χ3v) is 6.64. The summed E-state index contributed by atoms with van der Waals surface area (Å²) >= 11 is 1.39. The molecule has 0 bridgehead atoms. The van der Waals surface area contributed by atoms with Crippen LogP contribution in [0.3, 0.4) is 0 Å². The maximum atomic E-state index is 14.8. The maximum Gasteiger partial charge on any atom is 0.173 e. The number of nitrogens with zero attached hydrogens (tertiary/aromatic N) is 2. The van der Waals surface area contributed by atoms with Crippen LogP contribution in [-0.2, 0) is 4.57 Å². The number of aromatic nitrogens is 2. The normalized spacial score (nSPS) is 11.9. The first kappa shape index (κ1) is 17.9. The van der Waals surface area contributed by atoms with E-state index >= 15 is 0 Å². The molecule has 138 valence electrons. The van der Waals surface area contributed by atoms with Gasteiger partial charge >= 0.3 is 0 Å². The minimum Gasteiger partial charge on any atom is -0.496 e. The minimum absolute atomic E-state index is 0.328. The molecule has 27 heavy (non-hydrogen) atoms. The molecular formula is C19H17FN3O2PS. The quantitative estimate of drug-likeness (QED) is 0.489. The van der Waals surface area contributed by atoms with E-state index in [4.69, 9.17) is 4.74 Å². The van der Waals surface area contributed by atoms with Gasteiger partial charge in [0.2, 0.25) is 0 Å². The number of nitrogens with one attached hydrogen (secondary N) is 1. The third-order valence-electron chi connectivity index (χ3n) is 4.33. The monoisotopic (exact) mass is 401 g/mol. The second-order valence-corrected chi connectivity index (χ2v) is 10.6. The molecule has 0 saturated carbocycles. The molecule has 0 radical (unpaired) electrons. The molecule has 0 amide bonds. The van der Waals surface area contributed by atoms with Crippen LogP contribution in [0.5, 0.6) is 5.75 Å². The Morgan fingerprint density at radius 3 is 2.70 bits per heavy atom. The van der Waals surface area contributed by atoms with Crippen LogP contribution in [-0.4, -0.2) is 30.4 Å². The topological polar surface area (TPSA) is 64.1 Å². The fourth-order valence-corrected chi connectivity index (χ4v) is 4.79. The highest BCUT2D eigenvalue weighted by Gasteiger charge is 2.20. The first-order valence-corrected chi connectivity index (χ1v) is 11.7. The lowest BCUT2D eigenvalue weighted by Gasteiger charge is -2.16. The number of pyridine rings is 1. The summed E-state index contributed by atoms with van der Waals surface area (Å²) in [5, 5.41) is 4.51. The lowest BCUT2D eigenvalue weighted by atomic mass is 10.1.